The number of carbonyl (C=O) groups excluding carboxylic acids is 2. The van der Waals surface area contributed by atoms with Gasteiger partial charge in [-0.25, -0.2) is 9.59 Å². The van der Waals surface area contributed by atoms with E-state index in [0.29, 0.717) is 0 Å². The van der Waals surface area contributed by atoms with Crippen LogP contribution in [-0.4, -0.2) is 68.7 Å². The number of carboxylic acids is 2. The first-order valence-electron chi connectivity index (χ1n) is 7.97. The summed E-state index contributed by atoms with van der Waals surface area (Å²) in [4.78, 5) is 45.2. The summed E-state index contributed by atoms with van der Waals surface area (Å²) in [6.07, 6.45) is -0.997. The van der Waals surface area contributed by atoms with E-state index in [1.807, 2.05) is 10.6 Å². The first kappa shape index (κ1) is 23.0. The van der Waals surface area contributed by atoms with Crippen LogP contribution in [0, 0.1) is 0 Å². The molecule has 0 fully saturated rings. The molecule has 2 amide bonds. The number of nitrogens with two attached hydrogens (primary N) is 2. The van der Waals surface area contributed by atoms with E-state index >= 15 is 0 Å². The Kier molecular flexibility index (Phi) is 7.58. The second-order valence-electron chi connectivity index (χ2n) is 6.01. The summed E-state index contributed by atoms with van der Waals surface area (Å²) in [5.41, 5.74) is 5.59. The Balaban J connectivity index is 2.97. The topological polar surface area (TPSA) is 225 Å². The highest BCUT2D eigenvalue weighted by molar-refractivity contribution is 5.87. The zero-order chi connectivity index (χ0) is 21.5. The minimum absolute atomic E-state index is 0.288. The molecule has 0 bridgehead atoms. The third kappa shape index (κ3) is 5.99. The first-order valence-corrected chi connectivity index (χ1v) is 7.97. The summed E-state index contributed by atoms with van der Waals surface area (Å²) in [6.45, 7) is -1.03. The lowest BCUT2D eigenvalue weighted by Crippen LogP contribution is -2.57. The lowest BCUT2D eigenvalue weighted by Gasteiger charge is -2.25. The van der Waals surface area contributed by atoms with Crippen molar-refractivity contribution in [1.82, 2.24) is 10.6 Å². The van der Waals surface area contributed by atoms with Gasteiger partial charge < -0.3 is 42.5 Å². The van der Waals surface area contributed by atoms with E-state index in [1.165, 1.54) is 24.3 Å². The molecule has 0 aromatic heterocycles. The number of hydrogen-bond donors (Lipinski definition) is 8. The molecular weight excluding hydrogens is 376 g/mol. The standard InChI is InChI=1S/C16H22N4O8/c17-7-11(21)19-15(27,13(23)24)5-9-1-2-10(4-3-9)6-16(28,14(25)26)20-12(22)8-18/h1-4,27-28H,5-8,17-18H2,(H,19,21)(H,20,22)(H,23,24)(H,25,26). The van der Waals surface area contributed by atoms with Crippen LogP contribution in [0.25, 0.3) is 0 Å². The van der Waals surface area contributed by atoms with E-state index in [9.17, 15) is 29.4 Å². The summed E-state index contributed by atoms with van der Waals surface area (Å²) < 4.78 is 0. The SMILES string of the molecule is NCC(=O)NC(O)(Cc1ccc(CC(O)(NC(=O)CN)C(=O)O)cc1)C(=O)O. The number of nitrogens with one attached hydrogen (secondary N) is 2. The van der Waals surface area contributed by atoms with Gasteiger partial charge in [0.2, 0.25) is 23.3 Å². The fourth-order valence-electron chi connectivity index (χ4n) is 2.28. The summed E-state index contributed by atoms with van der Waals surface area (Å²) >= 11 is 0. The Morgan fingerprint density at radius 3 is 1.25 bits per heavy atom. The normalized spacial score (nSPS) is 15.0. The number of carboxylic acid groups (broad SMARTS) is 2. The Morgan fingerprint density at radius 1 is 0.750 bits per heavy atom. The number of amides is 2. The van der Waals surface area contributed by atoms with Crippen molar-refractivity contribution in [3.8, 4) is 0 Å². The minimum atomic E-state index is -2.59. The zero-order valence-electron chi connectivity index (χ0n) is 14.7. The van der Waals surface area contributed by atoms with Crippen molar-refractivity contribution in [3.05, 3.63) is 35.4 Å². The van der Waals surface area contributed by atoms with Gasteiger partial charge in [-0.3, -0.25) is 9.59 Å². The van der Waals surface area contributed by atoms with Gasteiger partial charge in [0, 0.05) is 12.8 Å². The number of aliphatic hydroxyl groups is 2. The largest absolute Gasteiger partial charge is 0.478 e. The fraction of sp³-hybridized carbons (Fsp3) is 0.375. The van der Waals surface area contributed by atoms with Gasteiger partial charge in [-0.1, -0.05) is 24.3 Å². The third-order valence-electron chi connectivity index (χ3n) is 3.71. The Hall–Kier alpha value is -3.06. The minimum Gasteiger partial charge on any atom is -0.478 e. The molecule has 10 N–H and O–H groups in total. The summed E-state index contributed by atoms with van der Waals surface area (Å²) in [5, 5.41) is 42.4. The lowest BCUT2D eigenvalue weighted by molar-refractivity contribution is -0.165. The number of hydrogen-bond acceptors (Lipinski definition) is 8. The molecule has 2 unspecified atom stereocenters. The van der Waals surface area contributed by atoms with E-state index in [-0.39, 0.29) is 11.1 Å². The van der Waals surface area contributed by atoms with Crippen molar-refractivity contribution in [2.45, 2.75) is 24.3 Å². The van der Waals surface area contributed by atoms with Gasteiger partial charge in [0.15, 0.2) is 0 Å². The molecule has 28 heavy (non-hydrogen) atoms. The monoisotopic (exact) mass is 398 g/mol. The van der Waals surface area contributed by atoms with Crippen molar-refractivity contribution < 1.29 is 39.6 Å². The third-order valence-corrected chi connectivity index (χ3v) is 3.71. The van der Waals surface area contributed by atoms with E-state index in [2.05, 4.69) is 0 Å². The molecular formula is C16H22N4O8. The number of benzene rings is 1. The van der Waals surface area contributed by atoms with Gasteiger partial charge in [0.05, 0.1) is 13.1 Å². The van der Waals surface area contributed by atoms with E-state index in [0.717, 1.165) is 0 Å². The van der Waals surface area contributed by atoms with Gasteiger partial charge in [-0.2, -0.15) is 0 Å². The van der Waals surface area contributed by atoms with Crippen molar-refractivity contribution in [1.29, 1.82) is 0 Å². The average Bonchev–Trinajstić information content (AvgIpc) is 2.62. The van der Waals surface area contributed by atoms with Crippen LogP contribution in [0.2, 0.25) is 0 Å². The maximum Gasteiger partial charge on any atom is 0.357 e. The Labute approximate surface area is 159 Å². The molecule has 0 aliphatic rings. The number of aliphatic carboxylic acids is 2. The molecule has 0 spiro atoms. The van der Waals surface area contributed by atoms with Crippen LogP contribution >= 0.6 is 0 Å². The number of carbonyl (C=O) groups is 4. The van der Waals surface area contributed by atoms with Crippen LogP contribution in [-0.2, 0) is 32.0 Å². The fourth-order valence-corrected chi connectivity index (χ4v) is 2.28. The molecule has 12 heteroatoms. The van der Waals surface area contributed by atoms with Gasteiger partial charge in [0.25, 0.3) is 0 Å². The van der Waals surface area contributed by atoms with E-state index in [4.69, 9.17) is 21.7 Å². The van der Waals surface area contributed by atoms with Crippen LogP contribution in [0.3, 0.4) is 0 Å². The molecule has 0 aliphatic carbocycles. The molecule has 0 saturated carbocycles. The van der Waals surface area contributed by atoms with Crippen molar-refractivity contribution in [2.75, 3.05) is 13.1 Å². The second kappa shape index (κ2) is 9.23. The molecule has 154 valence electrons. The maximum atomic E-state index is 11.3. The molecule has 0 radical (unpaired) electrons. The van der Waals surface area contributed by atoms with Gasteiger partial charge in [-0.15, -0.1) is 0 Å². The van der Waals surface area contributed by atoms with Crippen LogP contribution in [0.4, 0.5) is 0 Å². The van der Waals surface area contributed by atoms with Crippen LogP contribution in [0.15, 0.2) is 24.3 Å². The Bertz CT molecular complexity index is 691. The quantitative estimate of drug-likeness (QED) is 0.181. The highest BCUT2D eigenvalue weighted by atomic mass is 16.4. The number of rotatable bonds is 10. The molecule has 12 nitrogen and oxygen atoms in total. The van der Waals surface area contributed by atoms with Crippen molar-refractivity contribution in [3.63, 3.8) is 0 Å². The molecule has 0 heterocycles. The average molecular weight is 398 g/mol. The van der Waals surface area contributed by atoms with Crippen LogP contribution in [0.1, 0.15) is 11.1 Å². The lowest BCUT2D eigenvalue weighted by atomic mass is 9.97. The molecule has 1 aromatic carbocycles. The molecule has 1 aromatic rings. The maximum absolute atomic E-state index is 11.3. The smallest absolute Gasteiger partial charge is 0.357 e. The first-order chi connectivity index (χ1) is 13.0. The predicted molar refractivity (Wildman–Crippen MR) is 93.4 cm³/mol. The van der Waals surface area contributed by atoms with Gasteiger partial charge in [-0.05, 0) is 11.1 Å². The van der Waals surface area contributed by atoms with Crippen molar-refractivity contribution >= 4 is 23.8 Å². The molecule has 0 aliphatic heterocycles. The summed E-state index contributed by atoms with van der Waals surface area (Å²) in [6, 6.07) is 5.46. The van der Waals surface area contributed by atoms with Crippen molar-refractivity contribution in [2.24, 2.45) is 11.5 Å². The van der Waals surface area contributed by atoms with Crippen LogP contribution < -0.4 is 22.1 Å². The highest BCUT2D eigenvalue weighted by Gasteiger charge is 2.39. The molecule has 0 saturated heterocycles. The van der Waals surface area contributed by atoms with Gasteiger partial charge in [0.1, 0.15) is 0 Å². The van der Waals surface area contributed by atoms with E-state index in [1.54, 1.807) is 0 Å². The van der Waals surface area contributed by atoms with Crippen LogP contribution in [0.5, 0.6) is 0 Å². The predicted octanol–water partition coefficient (Wildman–Crippen LogP) is -3.53. The summed E-state index contributed by atoms with van der Waals surface area (Å²) in [7, 11) is 0. The van der Waals surface area contributed by atoms with Gasteiger partial charge >= 0.3 is 11.9 Å². The molecule has 1 rings (SSSR count). The second-order valence-corrected chi connectivity index (χ2v) is 6.01. The Morgan fingerprint density at radius 2 is 1.04 bits per heavy atom. The summed E-state index contributed by atoms with van der Waals surface area (Å²) in [5.74, 6) is -5.13. The molecule has 2 atom stereocenters. The zero-order valence-corrected chi connectivity index (χ0v) is 14.7. The highest BCUT2D eigenvalue weighted by Crippen LogP contribution is 2.16. The van der Waals surface area contributed by atoms with E-state index < -0.39 is 61.1 Å².